The molecule has 3 aromatic rings. The summed E-state index contributed by atoms with van der Waals surface area (Å²) in [4.78, 5) is 0. The van der Waals surface area contributed by atoms with Crippen molar-refractivity contribution >= 4 is 33.8 Å². The molecule has 0 fully saturated rings. The fraction of sp³-hybridized carbons (Fsp3) is 0.250. The highest BCUT2D eigenvalue weighted by Crippen LogP contribution is 2.25. The lowest BCUT2D eigenvalue weighted by Gasteiger charge is -2.06. The number of halogens is 1. The van der Waals surface area contributed by atoms with E-state index in [4.69, 9.17) is 11.6 Å². The number of nitrogens with zero attached hydrogens (tertiary/aromatic N) is 1. The Kier molecular flexibility index (Phi) is 4.41. The van der Waals surface area contributed by atoms with Gasteiger partial charge in [-0.2, -0.15) is 11.3 Å². The first kappa shape index (κ1) is 13.7. The third-order valence-corrected chi connectivity index (χ3v) is 4.47. The monoisotopic (exact) mass is 304 g/mol. The molecule has 0 unspecified atom stereocenters. The quantitative estimate of drug-likeness (QED) is 0.676. The van der Waals surface area contributed by atoms with Crippen LogP contribution in [0.4, 0.5) is 0 Å². The van der Waals surface area contributed by atoms with E-state index >= 15 is 0 Å². The summed E-state index contributed by atoms with van der Waals surface area (Å²) in [6.45, 7) is 2.92. The minimum atomic E-state index is 0.832. The van der Waals surface area contributed by atoms with Crippen LogP contribution in [0.3, 0.4) is 0 Å². The fourth-order valence-corrected chi connectivity index (χ4v) is 3.36. The summed E-state index contributed by atoms with van der Waals surface area (Å²) in [6, 6.07) is 10.5. The predicted molar refractivity (Wildman–Crippen MR) is 87.8 cm³/mol. The standard InChI is InChI=1S/C16H17ClN2S/c17-15-11-19(16-4-2-1-3-14(15)16)9-8-18-7-5-13-6-10-20-12-13/h1-4,6,10-12,18H,5,7-9H2. The van der Waals surface area contributed by atoms with E-state index in [0.29, 0.717) is 0 Å². The molecule has 2 heterocycles. The molecule has 0 spiro atoms. The third-order valence-electron chi connectivity index (χ3n) is 3.44. The molecule has 4 heteroatoms. The highest BCUT2D eigenvalue weighted by molar-refractivity contribution is 7.07. The van der Waals surface area contributed by atoms with Gasteiger partial charge in [0.05, 0.1) is 5.02 Å². The number of benzene rings is 1. The topological polar surface area (TPSA) is 17.0 Å². The van der Waals surface area contributed by atoms with Crippen molar-refractivity contribution in [1.82, 2.24) is 9.88 Å². The van der Waals surface area contributed by atoms with Gasteiger partial charge in [0, 0.05) is 30.2 Å². The minimum absolute atomic E-state index is 0.832. The van der Waals surface area contributed by atoms with Gasteiger partial charge < -0.3 is 9.88 Å². The van der Waals surface area contributed by atoms with E-state index in [1.807, 2.05) is 12.3 Å². The number of aromatic nitrogens is 1. The molecule has 20 heavy (non-hydrogen) atoms. The van der Waals surface area contributed by atoms with Gasteiger partial charge in [-0.3, -0.25) is 0 Å². The molecule has 0 bridgehead atoms. The molecule has 0 aliphatic carbocycles. The van der Waals surface area contributed by atoms with Gasteiger partial charge in [-0.15, -0.1) is 0 Å². The highest BCUT2D eigenvalue weighted by atomic mass is 35.5. The van der Waals surface area contributed by atoms with Crippen LogP contribution in [-0.2, 0) is 13.0 Å². The molecule has 0 amide bonds. The van der Waals surface area contributed by atoms with Gasteiger partial charge >= 0.3 is 0 Å². The van der Waals surface area contributed by atoms with Gasteiger partial charge in [0.15, 0.2) is 0 Å². The summed E-state index contributed by atoms with van der Waals surface area (Å²) >= 11 is 8.00. The molecule has 0 atom stereocenters. The van der Waals surface area contributed by atoms with Crippen LogP contribution < -0.4 is 5.32 Å². The number of hydrogen-bond donors (Lipinski definition) is 1. The lowest BCUT2D eigenvalue weighted by Crippen LogP contribution is -2.22. The first-order valence-electron chi connectivity index (χ1n) is 6.80. The summed E-state index contributed by atoms with van der Waals surface area (Å²) in [5.41, 5.74) is 2.62. The van der Waals surface area contributed by atoms with Crippen LogP contribution in [0, 0.1) is 0 Å². The van der Waals surface area contributed by atoms with Gasteiger partial charge in [-0.25, -0.2) is 0 Å². The molecule has 2 aromatic heterocycles. The van der Waals surface area contributed by atoms with Crippen LogP contribution in [0.25, 0.3) is 10.9 Å². The fourth-order valence-electron chi connectivity index (χ4n) is 2.38. The Hall–Kier alpha value is -1.29. The summed E-state index contributed by atoms with van der Waals surface area (Å²) < 4.78 is 2.22. The maximum Gasteiger partial charge on any atom is 0.0661 e. The van der Waals surface area contributed by atoms with Gasteiger partial charge in [-0.05, 0) is 41.4 Å². The molecule has 0 aliphatic heterocycles. The number of rotatable bonds is 6. The van der Waals surface area contributed by atoms with Gasteiger partial charge in [-0.1, -0.05) is 29.8 Å². The molecule has 3 rings (SSSR count). The van der Waals surface area contributed by atoms with Crippen molar-refractivity contribution in [3.05, 3.63) is 57.9 Å². The van der Waals surface area contributed by atoms with Gasteiger partial charge in [0.25, 0.3) is 0 Å². The zero-order chi connectivity index (χ0) is 13.8. The summed E-state index contributed by atoms with van der Waals surface area (Å²) in [6.07, 6.45) is 3.11. The van der Waals surface area contributed by atoms with E-state index in [0.717, 1.165) is 36.5 Å². The highest BCUT2D eigenvalue weighted by Gasteiger charge is 2.05. The van der Waals surface area contributed by atoms with E-state index in [1.54, 1.807) is 11.3 Å². The predicted octanol–water partition coefficient (Wildman–Crippen LogP) is 4.19. The minimum Gasteiger partial charge on any atom is -0.345 e. The molecule has 0 saturated heterocycles. The summed E-state index contributed by atoms with van der Waals surface area (Å²) in [7, 11) is 0. The Bertz CT molecular complexity index is 673. The van der Waals surface area contributed by atoms with E-state index in [9.17, 15) is 0 Å². The number of fused-ring (bicyclic) bond motifs is 1. The summed E-state index contributed by atoms with van der Waals surface area (Å²) in [5.74, 6) is 0. The average Bonchev–Trinajstić information content (AvgIpc) is 3.08. The Morgan fingerprint density at radius 1 is 1.15 bits per heavy atom. The van der Waals surface area contributed by atoms with Crippen molar-refractivity contribution < 1.29 is 0 Å². The van der Waals surface area contributed by atoms with Gasteiger partial charge in [0.2, 0.25) is 0 Å². The molecular weight excluding hydrogens is 288 g/mol. The molecule has 0 saturated carbocycles. The first-order valence-corrected chi connectivity index (χ1v) is 8.12. The molecule has 1 aromatic carbocycles. The van der Waals surface area contributed by atoms with Crippen LogP contribution in [0.15, 0.2) is 47.3 Å². The van der Waals surface area contributed by atoms with E-state index in [2.05, 4.69) is 44.9 Å². The van der Waals surface area contributed by atoms with Crippen LogP contribution in [-0.4, -0.2) is 17.7 Å². The largest absolute Gasteiger partial charge is 0.345 e. The average molecular weight is 305 g/mol. The van der Waals surface area contributed by atoms with Crippen LogP contribution in [0.2, 0.25) is 5.02 Å². The Labute approximate surface area is 128 Å². The van der Waals surface area contributed by atoms with E-state index in [-0.39, 0.29) is 0 Å². The number of para-hydroxylation sites is 1. The molecule has 0 aliphatic rings. The lowest BCUT2D eigenvalue weighted by molar-refractivity contribution is 0.610. The molecule has 2 nitrogen and oxygen atoms in total. The van der Waals surface area contributed by atoms with Crippen molar-refractivity contribution in [2.24, 2.45) is 0 Å². The second-order valence-electron chi connectivity index (χ2n) is 4.82. The lowest BCUT2D eigenvalue weighted by atomic mass is 10.2. The normalized spacial score (nSPS) is 11.2. The first-order chi connectivity index (χ1) is 9.84. The van der Waals surface area contributed by atoms with Crippen LogP contribution in [0.1, 0.15) is 5.56 Å². The second-order valence-corrected chi connectivity index (χ2v) is 6.01. The van der Waals surface area contributed by atoms with Crippen molar-refractivity contribution in [1.29, 1.82) is 0 Å². The molecule has 0 radical (unpaired) electrons. The van der Waals surface area contributed by atoms with E-state index < -0.39 is 0 Å². The number of nitrogens with one attached hydrogen (secondary N) is 1. The third kappa shape index (κ3) is 3.06. The second kappa shape index (κ2) is 6.44. The maximum absolute atomic E-state index is 6.25. The SMILES string of the molecule is Clc1cn(CCNCCc2ccsc2)c2ccccc12. The maximum atomic E-state index is 6.25. The number of thiophene rings is 1. The van der Waals surface area contributed by atoms with Gasteiger partial charge in [0.1, 0.15) is 0 Å². The van der Waals surface area contributed by atoms with Crippen molar-refractivity contribution in [2.45, 2.75) is 13.0 Å². The van der Waals surface area contributed by atoms with Crippen LogP contribution >= 0.6 is 22.9 Å². The smallest absolute Gasteiger partial charge is 0.0661 e. The summed E-state index contributed by atoms with van der Waals surface area (Å²) in [5, 5.41) is 9.79. The zero-order valence-corrected chi connectivity index (χ0v) is 12.8. The van der Waals surface area contributed by atoms with Crippen LogP contribution in [0.5, 0.6) is 0 Å². The molecule has 104 valence electrons. The van der Waals surface area contributed by atoms with E-state index in [1.165, 1.54) is 11.1 Å². The zero-order valence-electron chi connectivity index (χ0n) is 11.2. The Morgan fingerprint density at radius 3 is 2.90 bits per heavy atom. The van der Waals surface area contributed by atoms with Crippen molar-refractivity contribution in [2.75, 3.05) is 13.1 Å². The molecule has 1 N–H and O–H groups in total. The Morgan fingerprint density at radius 2 is 2.05 bits per heavy atom. The van der Waals surface area contributed by atoms with Crippen molar-refractivity contribution in [3.8, 4) is 0 Å². The Balaban J connectivity index is 1.52. The van der Waals surface area contributed by atoms with Crippen molar-refractivity contribution in [3.63, 3.8) is 0 Å². The molecular formula is C16H17ClN2S. The number of hydrogen-bond acceptors (Lipinski definition) is 2.